The largest absolute Gasteiger partial charge is 0.349 e. The molecule has 0 bridgehead atoms. The fraction of sp³-hybridized carbons (Fsp3) is 0.733. The van der Waals surface area contributed by atoms with Crippen molar-refractivity contribution in [3.63, 3.8) is 0 Å². The van der Waals surface area contributed by atoms with Gasteiger partial charge in [0, 0.05) is 24.7 Å². The minimum atomic E-state index is 0. The molecule has 1 atom stereocenters. The van der Waals surface area contributed by atoms with E-state index in [2.05, 4.69) is 15.7 Å². The van der Waals surface area contributed by atoms with E-state index in [1.54, 1.807) is 0 Å². The summed E-state index contributed by atoms with van der Waals surface area (Å²) >= 11 is 0. The zero-order chi connectivity index (χ0) is 14.5. The van der Waals surface area contributed by atoms with Gasteiger partial charge >= 0.3 is 0 Å². The number of hydrogen-bond acceptors (Lipinski definition) is 3. The topological polar surface area (TPSA) is 59.0 Å². The number of carbonyl (C=O) groups is 1. The first-order chi connectivity index (χ1) is 9.58. The molecule has 1 aromatic rings. The standard InChI is InChI=1S/C15H26N4O.ClH/c1-11(14-10-17-19(3)12(14)2)18-15(20)5-4-13-6-8-16-9-7-13;/h10-11,13,16H,4-9H2,1-3H3,(H,18,20);1H. The SMILES string of the molecule is Cc1c(C(C)NC(=O)CCC2CCNCC2)cnn1C.Cl. The second-order valence-electron chi connectivity index (χ2n) is 5.83. The third kappa shape index (κ3) is 5.00. The van der Waals surface area contributed by atoms with Crippen LogP contribution in [0.25, 0.3) is 0 Å². The lowest BCUT2D eigenvalue weighted by molar-refractivity contribution is -0.122. The Labute approximate surface area is 133 Å². The van der Waals surface area contributed by atoms with Crippen LogP contribution in [-0.2, 0) is 11.8 Å². The van der Waals surface area contributed by atoms with Crippen LogP contribution in [0.3, 0.4) is 0 Å². The van der Waals surface area contributed by atoms with Crippen LogP contribution in [0.5, 0.6) is 0 Å². The van der Waals surface area contributed by atoms with Crippen LogP contribution in [0.4, 0.5) is 0 Å². The average Bonchev–Trinajstić information content (AvgIpc) is 2.78. The summed E-state index contributed by atoms with van der Waals surface area (Å²) in [5.41, 5.74) is 2.21. The number of aromatic nitrogens is 2. The summed E-state index contributed by atoms with van der Waals surface area (Å²) < 4.78 is 1.84. The molecule has 1 aliphatic heterocycles. The smallest absolute Gasteiger partial charge is 0.220 e. The van der Waals surface area contributed by atoms with Gasteiger partial charge in [0.2, 0.25) is 5.91 Å². The molecule has 120 valence electrons. The molecule has 0 aliphatic carbocycles. The van der Waals surface area contributed by atoms with Gasteiger partial charge in [-0.05, 0) is 52.1 Å². The van der Waals surface area contributed by atoms with Crippen LogP contribution >= 0.6 is 12.4 Å². The normalized spacial score (nSPS) is 17.1. The summed E-state index contributed by atoms with van der Waals surface area (Å²) in [7, 11) is 1.92. The van der Waals surface area contributed by atoms with Crippen LogP contribution in [-0.4, -0.2) is 28.8 Å². The highest BCUT2D eigenvalue weighted by Gasteiger charge is 2.17. The van der Waals surface area contributed by atoms with E-state index < -0.39 is 0 Å². The Kier molecular flexibility index (Phi) is 7.18. The van der Waals surface area contributed by atoms with Crippen molar-refractivity contribution in [3.05, 3.63) is 17.5 Å². The van der Waals surface area contributed by atoms with Gasteiger partial charge in [-0.15, -0.1) is 12.4 Å². The predicted octanol–water partition coefficient (Wildman–Crippen LogP) is 2.11. The zero-order valence-corrected chi connectivity index (χ0v) is 14.0. The van der Waals surface area contributed by atoms with Gasteiger partial charge in [0.25, 0.3) is 0 Å². The Morgan fingerprint density at radius 1 is 1.52 bits per heavy atom. The number of nitrogens with one attached hydrogen (secondary N) is 2. The summed E-state index contributed by atoms with van der Waals surface area (Å²) in [5, 5.41) is 10.7. The molecule has 0 aromatic carbocycles. The third-order valence-corrected chi connectivity index (χ3v) is 4.36. The first-order valence-electron chi connectivity index (χ1n) is 7.56. The van der Waals surface area contributed by atoms with Crippen molar-refractivity contribution in [2.24, 2.45) is 13.0 Å². The van der Waals surface area contributed by atoms with Gasteiger partial charge in [-0.2, -0.15) is 5.10 Å². The lowest BCUT2D eigenvalue weighted by atomic mass is 9.93. The molecule has 0 radical (unpaired) electrons. The molecular weight excluding hydrogens is 288 g/mol. The first-order valence-corrected chi connectivity index (χ1v) is 7.56. The second kappa shape index (κ2) is 8.39. The number of nitrogens with zero attached hydrogens (tertiary/aromatic N) is 2. The van der Waals surface area contributed by atoms with Crippen molar-refractivity contribution in [3.8, 4) is 0 Å². The predicted molar refractivity (Wildman–Crippen MR) is 86.6 cm³/mol. The summed E-state index contributed by atoms with van der Waals surface area (Å²) in [5.74, 6) is 0.858. The van der Waals surface area contributed by atoms with Crippen LogP contribution in [0.15, 0.2) is 6.20 Å². The number of rotatable bonds is 5. The molecule has 1 fully saturated rings. The maximum atomic E-state index is 12.0. The molecule has 2 N–H and O–H groups in total. The number of carbonyl (C=O) groups excluding carboxylic acids is 1. The van der Waals surface area contributed by atoms with E-state index in [9.17, 15) is 4.79 Å². The number of aryl methyl sites for hydroxylation is 1. The summed E-state index contributed by atoms with van der Waals surface area (Å²) in [6.07, 6.45) is 5.88. The maximum absolute atomic E-state index is 12.0. The molecule has 21 heavy (non-hydrogen) atoms. The number of piperidine rings is 1. The minimum absolute atomic E-state index is 0. The van der Waals surface area contributed by atoms with Crippen molar-refractivity contribution in [2.45, 2.75) is 45.6 Å². The Morgan fingerprint density at radius 2 is 2.19 bits per heavy atom. The molecule has 0 saturated carbocycles. The Balaban J connectivity index is 0.00000220. The highest BCUT2D eigenvalue weighted by atomic mass is 35.5. The van der Waals surface area contributed by atoms with Crippen LogP contribution < -0.4 is 10.6 Å². The summed E-state index contributed by atoms with van der Waals surface area (Å²) in [6.45, 7) is 6.24. The zero-order valence-electron chi connectivity index (χ0n) is 13.2. The van der Waals surface area contributed by atoms with Crippen LogP contribution in [0.1, 0.15) is 49.9 Å². The Hall–Kier alpha value is -1.07. The highest BCUT2D eigenvalue weighted by molar-refractivity contribution is 5.85. The lowest BCUT2D eigenvalue weighted by Gasteiger charge is -2.22. The van der Waals surface area contributed by atoms with Crippen molar-refractivity contribution >= 4 is 18.3 Å². The highest BCUT2D eigenvalue weighted by Crippen LogP contribution is 2.19. The molecule has 0 spiro atoms. The average molecular weight is 315 g/mol. The number of amides is 1. The van der Waals surface area contributed by atoms with E-state index in [0.717, 1.165) is 30.8 Å². The maximum Gasteiger partial charge on any atom is 0.220 e. The van der Waals surface area contributed by atoms with Gasteiger partial charge < -0.3 is 10.6 Å². The quantitative estimate of drug-likeness (QED) is 0.875. The van der Waals surface area contributed by atoms with Gasteiger partial charge in [-0.25, -0.2) is 0 Å². The van der Waals surface area contributed by atoms with Gasteiger partial charge in [0.05, 0.1) is 12.2 Å². The summed E-state index contributed by atoms with van der Waals surface area (Å²) in [4.78, 5) is 12.0. The number of hydrogen-bond donors (Lipinski definition) is 2. The molecule has 5 nitrogen and oxygen atoms in total. The molecule has 2 rings (SSSR count). The third-order valence-electron chi connectivity index (χ3n) is 4.36. The van der Waals surface area contributed by atoms with Gasteiger partial charge in [0.15, 0.2) is 0 Å². The van der Waals surface area contributed by atoms with E-state index in [4.69, 9.17) is 0 Å². The van der Waals surface area contributed by atoms with Crippen LogP contribution in [0.2, 0.25) is 0 Å². The molecule has 6 heteroatoms. The minimum Gasteiger partial charge on any atom is -0.349 e. The van der Waals surface area contributed by atoms with Gasteiger partial charge in [-0.3, -0.25) is 9.48 Å². The van der Waals surface area contributed by atoms with E-state index in [1.807, 2.05) is 31.8 Å². The number of halogens is 1. The van der Waals surface area contributed by atoms with E-state index in [-0.39, 0.29) is 24.4 Å². The van der Waals surface area contributed by atoms with E-state index in [0.29, 0.717) is 12.3 Å². The molecule has 1 aromatic heterocycles. The molecule has 1 unspecified atom stereocenters. The van der Waals surface area contributed by atoms with E-state index in [1.165, 1.54) is 12.8 Å². The van der Waals surface area contributed by atoms with Crippen molar-refractivity contribution in [1.29, 1.82) is 0 Å². The molecule has 1 amide bonds. The lowest BCUT2D eigenvalue weighted by Crippen LogP contribution is -2.30. The monoisotopic (exact) mass is 314 g/mol. The molecule has 2 heterocycles. The molecule has 1 aliphatic rings. The van der Waals surface area contributed by atoms with Crippen molar-refractivity contribution in [1.82, 2.24) is 20.4 Å². The fourth-order valence-electron chi connectivity index (χ4n) is 2.84. The van der Waals surface area contributed by atoms with Gasteiger partial charge in [-0.1, -0.05) is 0 Å². The molecule has 1 saturated heterocycles. The van der Waals surface area contributed by atoms with Crippen LogP contribution in [0, 0.1) is 12.8 Å². The van der Waals surface area contributed by atoms with Crippen molar-refractivity contribution in [2.75, 3.05) is 13.1 Å². The Morgan fingerprint density at radius 3 is 2.76 bits per heavy atom. The van der Waals surface area contributed by atoms with Gasteiger partial charge in [0.1, 0.15) is 0 Å². The summed E-state index contributed by atoms with van der Waals surface area (Å²) in [6, 6.07) is 0.0317. The fourth-order valence-corrected chi connectivity index (χ4v) is 2.84. The molecular formula is C15H27ClN4O. The Bertz CT molecular complexity index is 455. The second-order valence-corrected chi connectivity index (χ2v) is 5.83. The first kappa shape index (κ1) is 18.0. The van der Waals surface area contributed by atoms with E-state index >= 15 is 0 Å². The van der Waals surface area contributed by atoms with Crippen molar-refractivity contribution < 1.29 is 4.79 Å².